The van der Waals surface area contributed by atoms with Crippen LogP contribution in [0.2, 0.25) is 0 Å². The highest BCUT2D eigenvalue weighted by atomic mass is 19.4. The summed E-state index contributed by atoms with van der Waals surface area (Å²) in [5.74, 6) is -3.00. The fraction of sp³-hybridized carbons (Fsp3) is 0.125. The summed E-state index contributed by atoms with van der Waals surface area (Å²) in [6, 6.07) is 2.27. The van der Waals surface area contributed by atoms with Gasteiger partial charge in [0.05, 0.1) is 5.69 Å². The van der Waals surface area contributed by atoms with Gasteiger partial charge in [0.25, 0.3) is 0 Å². The molecule has 1 aromatic rings. The number of ether oxygens (including phenoxy) is 1. The van der Waals surface area contributed by atoms with E-state index in [4.69, 9.17) is 16.1 Å². The van der Waals surface area contributed by atoms with Crippen LogP contribution in [0.25, 0.3) is 0 Å². The van der Waals surface area contributed by atoms with Crippen LogP contribution in [0.15, 0.2) is 6.07 Å². The number of pyridine rings is 1. The van der Waals surface area contributed by atoms with E-state index in [2.05, 4.69) is 9.72 Å². The number of anilines is 1. The number of hydrogen-bond donors (Lipinski definition) is 2. The van der Waals surface area contributed by atoms with Gasteiger partial charge in [0.1, 0.15) is 17.3 Å². The van der Waals surface area contributed by atoms with Gasteiger partial charge in [-0.05, 0) is 6.07 Å². The third kappa shape index (κ3) is 2.97. The van der Waals surface area contributed by atoms with Gasteiger partial charge in [0.15, 0.2) is 0 Å². The summed E-state index contributed by atoms with van der Waals surface area (Å²) in [4.78, 5) is 13.8. The Morgan fingerprint density at radius 1 is 1.59 bits per heavy atom. The van der Waals surface area contributed by atoms with Crippen molar-refractivity contribution in [3.63, 3.8) is 0 Å². The lowest BCUT2D eigenvalue weighted by atomic mass is 10.2. The molecular weight excluding hydrogens is 243 g/mol. The Bertz CT molecular complexity index is 507. The van der Waals surface area contributed by atoms with Crippen molar-refractivity contribution in [1.82, 2.24) is 4.98 Å². The van der Waals surface area contributed by atoms with Gasteiger partial charge in [-0.3, -0.25) is 0 Å². The van der Waals surface area contributed by atoms with Crippen LogP contribution < -0.4 is 10.5 Å². The second-order valence-electron chi connectivity index (χ2n) is 2.74. The summed E-state index contributed by atoms with van der Waals surface area (Å²) in [6.45, 7) is 0. The summed E-state index contributed by atoms with van der Waals surface area (Å²) < 4.78 is 39.3. The van der Waals surface area contributed by atoms with E-state index >= 15 is 0 Å². The minimum absolute atomic E-state index is 0.480. The SMILES string of the molecule is N#Cc1cc(N)c(C(=O)O)c(OC(F)(F)F)n1. The number of alkyl halides is 3. The quantitative estimate of drug-likeness (QED) is 0.810. The lowest BCUT2D eigenvalue weighted by Gasteiger charge is -2.11. The Kier molecular flexibility index (Phi) is 3.08. The second-order valence-corrected chi connectivity index (χ2v) is 2.74. The fourth-order valence-corrected chi connectivity index (χ4v) is 0.996. The van der Waals surface area contributed by atoms with Gasteiger partial charge in [-0.15, -0.1) is 13.2 Å². The predicted molar refractivity (Wildman–Crippen MR) is 47.0 cm³/mol. The Morgan fingerprint density at radius 3 is 2.59 bits per heavy atom. The Balaban J connectivity index is 3.39. The lowest BCUT2D eigenvalue weighted by Crippen LogP contribution is -2.21. The fourth-order valence-electron chi connectivity index (χ4n) is 0.996. The molecule has 1 rings (SSSR count). The molecule has 1 aromatic heterocycles. The van der Waals surface area contributed by atoms with Crippen LogP contribution in [0.5, 0.6) is 5.88 Å². The zero-order valence-corrected chi connectivity index (χ0v) is 7.95. The molecule has 17 heavy (non-hydrogen) atoms. The van der Waals surface area contributed by atoms with Crippen LogP contribution in [-0.2, 0) is 0 Å². The maximum atomic E-state index is 12.0. The zero-order valence-electron chi connectivity index (χ0n) is 7.95. The summed E-state index contributed by atoms with van der Waals surface area (Å²) in [5.41, 5.74) is 3.24. The number of aromatic carboxylic acids is 1. The van der Waals surface area contributed by atoms with Gasteiger partial charge < -0.3 is 15.6 Å². The maximum absolute atomic E-state index is 12.0. The van der Waals surface area contributed by atoms with Crippen molar-refractivity contribution < 1.29 is 27.8 Å². The summed E-state index contributed by atoms with van der Waals surface area (Å²) >= 11 is 0. The summed E-state index contributed by atoms with van der Waals surface area (Å²) in [7, 11) is 0. The smallest absolute Gasteiger partial charge is 0.477 e. The molecular formula is C8H4F3N3O3. The molecule has 1 heterocycles. The average Bonchev–Trinajstić information content (AvgIpc) is 2.13. The van der Waals surface area contributed by atoms with Crippen molar-refractivity contribution in [3.05, 3.63) is 17.3 Å². The predicted octanol–water partition coefficient (Wildman–Crippen LogP) is 1.13. The average molecular weight is 247 g/mol. The van der Waals surface area contributed by atoms with Crippen molar-refractivity contribution in [2.24, 2.45) is 0 Å². The normalized spacial score (nSPS) is 10.7. The van der Waals surface area contributed by atoms with E-state index in [0.29, 0.717) is 0 Å². The molecule has 0 saturated carbocycles. The molecule has 0 saturated heterocycles. The first kappa shape index (κ1) is 12.6. The first-order valence-electron chi connectivity index (χ1n) is 3.94. The first-order chi connectivity index (χ1) is 7.74. The highest BCUT2D eigenvalue weighted by Gasteiger charge is 2.35. The number of carboxylic acid groups (broad SMARTS) is 1. The summed E-state index contributed by atoms with van der Waals surface area (Å²) in [5, 5.41) is 17.1. The molecule has 0 unspecified atom stereocenters. The molecule has 0 aliphatic heterocycles. The zero-order chi connectivity index (χ0) is 13.2. The van der Waals surface area contributed by atoms with Gasteiger partial charge in [-0.1, -0.05) is 0 Å². The van der Waals surface area contributed by atoms with E-state index in [1.807, 2.05) is 0 Å². The molecule has 0 amide bonds. The minimum atomic E-state index is -5.13. The topological polar surface area (TPSA) is 109 Å². The van der Waals surface area contributed by atoms with E-state index in [-0.39, 0.29) is 0 Å². The van der Waals surface area contributed by atoms with Crippen LogP contribution >= 0.6 is 0 Å². The van der Waals surface area contributed by atoms with Crippen LogP contribution in [0, 0.1) is 11.3 Å². The van der Waals surface area contributed by atoms with Gasteiger partial charge in [-0.2, -0.15) is 5.26 Å². The molecule has 3 N–H and O–H groups in total. The van der Waals surface area contributed by atoms with Crippen LogP contribution in [0.4, 0.5) is 18.9 Å². The Hall–Kier alpha value is -2.50. The van der Waals surface area contributed by atoms with E-state index < -0.39 is 35.2 Å². The number of halogens is 3. The molecule has 0 radical (unpaired) electrons. The lowest BCUT2D eigenvalue weighted by molar-refractivity contribution is -0.276. The van der Waals surface area contributed by atoms with E-state index in [1.54, 1.807) is 0 Å². The molecule has 0 aromatic carbocycles. The largest absolute Gasteiger partial charge is 0.574 e. The van der Waals surface area contributed by atoms with E-state index in [1.165, 1.54) is 6.07 Å². The third-order valence-electron chi connectivity index (χ3n) is 1.56. The number of rotatable bonds is 2. The van der Waals surface area contributed by atoms with Gasteiger partial charge in [0, 0.05) is 0 Å². The minimum Gasteiger partial charge on any atom is -0.477 e. The van der Waals surface area contributed by atoms with Crippen molar-refractivity contribution in [2.45, 2.75) is 6.36 Å². The summed E-state index contributed by atoms with van der Waals surface area (Å²) in [6.07, 6.45) is -5.13. The van der Waals surface area contributed by atoms with Crippen LogP contribution in [-0.4, -0.2) is 22.4 Å². The van der Waals surface area contributed by atoms with Gasteiger partial charge in [-0.25, -0.2) is 9.78 Å². The highest BCUT2D eigenvalue weighted by Crippen LogP contribution is 2.28. The molecule has 0 aliphatic rings. The van der Waals surface area contributed by atoms with E-state index in [0.717, 1.165) is 6.07 Å². The van der Waals surface area contributed by atoms with Crippen LogP contribution in [0.3, 0.4) is 0 Å². The molecule has 0 bridgehead atoms. The number of carbonyl (C=O) groups is 1. The van der Waals surface area contributed by atoms with Crippen molar-refractivity contribution in [3.8, 4) is 11.9 Å². The first-order valence-corrected chi connectivity index (χ1v) is 3.94. The number of aromatic nitrogens is 1. The van der Waals surface area contributed by atoms with E-state index in [9.17, 15) is 18.0 Å². The number of nitrogens with two attached hydrogens (primary N) is 1. The number of nitriles is 1. The second kappa shape index (κ2) is 4.17. The monoisotopic (exact) mass is 247 g/mol. The number of nitrogen functional groups attached to an aromatic ring is 1. The molecule has 90 valence electrons. The van der Waals surface area contributed by atoms with Crippen LogP contribution in [0.1, 0.15) is 16.1 Å². The van der Waals surface area contributed by atoms with Crippen molar-refractivity contribution >= 4 is 11.7 Å². The van der Waals surface area contributed by atoms with Crippen molar-refractivity contribution in [2.75, 3.05) is 5.73 Å². The van der Waals surface area contributed by atoms with Gasteiger partial charge >= 0.3 is 12.3 Å². The van der Waals surface area contributed by atoms with Gasteiger partial charge in [0.2, 0.25) is 5.88 Å². The maximum Gasteiger partial charge on any atom is 0.574 e. The Labute approximate surface area is 92.0 Å². The molecule has 0 atom stereocenters. The standard InChI is InChI=1S/C8H4F3N3O3/c9-8(10,11)17-6-5(7(15)16)4(13)1-3(2-12)14-6/h1H,(H2,13,14)(H,15,16). The molecule has 9 heteroatoms. The molecule has 6 nitrogen and oxygen atoms in total. The highest BCUT2D eigenvalue weighted by molar-refractivity contribution is 5.96. The molecule has 0 spiro atoms. The molecule has 0 fully saturated rings. The third-order valence-corrected chi connectivity index (χ3v) is 1.56. The number of nitrogens with zero attached hydrogens (tertiary/aromatic N) is 2. The number of carboxylic acids is 1. The Morgan fingerprint density at radius 2 is 2.18 bits per heavy atom. The molecule has 0 aliphatic carbocycles. The van der Waals surface area contributed by atoms with Crippen molar-refractivity contribution in [1.29, 1.82) is 5.26 Å². The number of hydrogen-bond acceptors (Lipinski definition) is 5.